The Bertz CT molecular complexity index is 910. The van der Waals surface area contributed by atoms with Gasteiger partial charge in [0.1, 0.15) is 5.69 Å². The lowest BCUT2D eigenvalue weighted by Gasteiger charge is -2.12. The summed E-state index contributed by atoms with van der Waals surface area (Å²) in [6.07, 6.45) is -4.65. The van der Waals surface area contributed by atoms with Crippen LogP contribution in [-0.4, -0.2) is 10.5 Å². The van der Waals surface area contributed by atoms with Gasteiger partial charge in [0.25, 0.3) is 5.91 Å². The lowest BCUT2D eigenvalue weighted by molar-refractivity contribution is -0.142. The number of carbonyl (C=O) groups excluding carboxylic acids is 1. The molecule has 0 aliphatic rings. The number of rotatable bonds is 1. The van der Waals surface area contributed by atoms with Crippen molar-refractivity contribution in [3.8, 4) is 0 Å². The minimum atomic E-state index is -4.65. The van der Waals surface area contributed by atoms with Gasteiger partial charge in [-0.25, -0.2) is 0 Å². The van der Waals surface area contributed by atoms with Gasteiger partial charge < -0.3 is 5.73 Å². The van der Waals surface area contributed by atoms with Gasteiger partial charge in [0.2, 0.25) is 0 Å². The summed E-state index contributed by atoms with van der Waals surface area (Å²) in [4.78, 5) is 12.7. The molecule has 6 heteroatoms. The van der Waals surface area contributed by atoms with Crippen molar-refractivity contribution in [1.29, 1.82) is 0 Å². The smallest absolute Gasteiger partial charge is 0.399 e. The molecule has 3 aromatic rings. The highest BCUT2D eigenvalue weighted by molar-refractivity contribution is 6.03. The summed E-state index contributed by atoms with van der Waals surface area (Å²) in [5, 5.41) is 0.276. The summed E-state index contributed by atoms with van der Waals surface area (Å²) in [5.41, 5.74) is 6.13. The summed E-state index contributed by atoms with van der Waals surface area (Å²) < 4.78 is 40.7. The van der Waals surface area contributed by atoms with Crippen molar-refractivity contribution in [2.45, 2.75) is 13.1 Å². The Labute approximate surface area is 130 Å². The zero-order valence-electron chi connectivity index (χ0n) is 12.2. The fourth-order valence-electron chi connectivity index (χ4n) is 2.57. The molecule has 2 N–H and O–H groups in total. The molecular formula is C17H13F3N2O. The van der Waals surface area contributed by atoms with Crippen molar-refractivity contribution in [3.63, 3.8) is 0 Å². The first-order chi connectivity index (χ1) is 10.8. The lowest BCUT2D eigenvalue weighted by Crippen LogP contribution is -2.20. The van der Waals surface area contributed by atoms with Crippen LogP contribution in [0.2, 0.25) is 0 Å². The molecule has 3 nitrogen and oxygen atoms in total. The summed E-state index contributed by atoms with van der Waals surface area (Å²) >= 11 is 0. The van der Waals surface area contributed by atoms with E-state index < -0.39 is 17.8 Å². The summed E-state index contributed by atoms with van der Waals surface area (Å²) in [6, 6.07) is 11.7. The molecule has 0 aliphatic heterocycles. The monoisotopic (exact) mass is 318 g/mol. The van der Waals surface area contributed by atoms with Crippen LogP contribution in [0.15, 0.2) is 48.5 Å². The Kier molecular flexibility index (Phi) is 3.39. The van der Waals surface area contributed by atoms with Crippen LogP contribution in [-0.2, 0) is 6.18 Å². The van der Waals surface area contributed by atoms with E-state index in [1.165, 1.54) is 24.3 Å². The number of hydrogen-bond donors (Lipinski definition) is 1. The topological polar surface area (TPSA) is 48.0 Å². The van der Waals surface area contributed by atoms with Crippen LogP contribution in [0, 0.1) is 6.92 Å². The number of fused-ring (bicyclic) bond motifs is 1. The molecule has 0 spiro atoms. The number of nitrogens with two attached hydrogens (primary N) is 1. The van der Waals surface area contributed by atoms with E-state index in [-0.39, 0.29) is 16.5 Å². The Morgan fingerprint density at radius 3 is 2.48 bits per heavy atom. The van der Waals surface area contributed by atoms with Crippen molar-refractivity contribution < 1.29 is 18.0 Å². The van der Waals surface area contributed by atoms with Gasteiger partial charge in [-0.1, -0.05) is 17.7 Å². The van der Waals surface area contributed by atoms with E-state index in [1.807, 2.05) is 0 Å². The van der Waals surface area contributed by atoms with Crippen LogP contribution < -0.4 is 5.73 Å². The van der Waals surface area contributed by atoms with Crippen molar-refractivity contribution >= 4 is 22.5 Å². The number of aromatic nitrogens is 1. The average molecular weight is 318 g/mol. The van der Waals surface area contributed by atoms with Gasteiger partial charge in [-0.2, -0.15) is 13.2 Å². The summed E-state index contributed by atoms with van der Waals surface area (Å²) in [5.74, 6) is -0.721. The molecule has 118 valence electrons. The minimum absolute atomic E-state index is 0.179. The van der Waals surface area contributed by atoms with Gasteiger partial charge in [-0.05, 0) is 43.3 Å². The average Bonchev–Trinajstić information content (AvgIpc) is 2.85. The molecule has 0 saturated heterocycles. The van der Waals surface area contributed by atoms with Crippen molar-refractivity contribution in [3.05, 3.63) is 65.4 Å². The highest BCUT2D eigenvalue weighted by atomic mass is 19.4. The third kappa shape index (κ3) is 2.67. The van der Waals surface area contributed by atoms with Crippen molar-refractivity contribution in [1.82, 2.24) is 4.57 Å². The van der Waals surface area contributed by atoms with Crippen LogP contribution in [0.1, 0.15) is 21.6 Å². The molecular weight excluding hydrogens is 305 g/mol. The molecule has 0 unspecified atom stereocenters. The van der Waals surface area contributed by atoms with Crippen LogP contribution in [0.4, 0.5) is 18.9 Å². The number of carbonyl (C=O) groups is 1. The van der Waals surface area contributed by atoms with Gasteiger partial charge in [-0.3, -0.25) is 9.36 Å². The predicted octanol–water partition coefficient (Wildman–Crippen LogP) is 4.24. The van der Waals surface area contributed by atoms with Gasteiger partial charge >= 0.3 is 6.18 Å². The zero-order valence-corrected chi connectivity index (χ0v) is 12.2. The van der Waals surface area contributed by atoms with E-state index in [1.54, 1.807) is 25.1 Å². The largest absolute Gasteiger partial charge is 0.431 e. The second-order valence-corrected chi connectivity index (χ2v) is 5.36. The van der Waals surface area contributed by atoms with Crippen LogP contribution in [0.3, 0.4) is 0 Å². The van der Waals surface area contributed by atoms with Gasteiger partial charge in [0.05, 0.1) is 5.52 Å². The number of anilines is 1. The van der Waals surface area contributed by atoms with E-state index in [0.717, 1.165) is 11.6 Å². The van der Waals surface area contributed by atoms with Crippen molar-refractivity contribution in [2.24, 2.45) is 0 Å². The lowest BCUT2D eigenvalue weighted by atomic mass is 10.1. The number of benzene rings is 2. The van der Waals surface area contributed by atoms with Gasteiger partial charge in [0, 0.05) is 16.6 Å². The maximum Gasteiger partial charge on any atom is 0.431 e. The molecule has 0 aliphatic carbocycles. The van der Waals surface area contributed by atoms with E-state index in [9.17, 15) is 18.0 Å². The molecule has 0 saturated carbocycles. The number of nitrogens with zero attached hydrogens (tertiary/aromatic N) is 1. The highest BCUT2D eigenvalue weighted by Gasteiger charge is 2.37. The minimum Gasteiger partial charge on any atom is -0.399 e. The third-order valence-corrected chi connectivity index (χ3v) is 3.58. The number of alkyl halides is 3. The molecule has 0 atom stereocenters. The fraction of sp³-hybridized carbons (Fsp3) is 0.118. The fourth-order valence-corrected chi connectivity index (χ4v) is 2.57. The number of hydrogen-bond acceptors (Lipinski definition) is 2. The number of halogens is 3. The predicted molar refractivity (Wildman–Crippen MR) is 82.3 cm³/mol. The third-order valence-electron chi connectivity index (χ3n) is 3.58. The highest BCUT2D eigenvalue weighted by Crippen LogP contribution is 2.35. The molecule has 1 aromatic heterocycles. The quantitative estimate of drug-likeness (QED) is 0.682. The standard InChI is InChI=1S/C17H13F3N2O/c1-10-3-2-4-11(7-10)16(23)22-14-6-5-13(21)8-12(14)9-15(22)17(18,19)20/h2-9H,21H2,1H3. The Hall–Kier alpha value is -2.76. The molecule has 3 rings (SSSR count). The normalized spacial score (nSPS) is 11.8. The first-order valence-corrected chi connectivity index (χ1v) is 6.87. The molecule has 0 amide bonds. The first kappa shape index (κ1) is 15.1. The Morgan fingerprint density at radius 1 is 1.09 bits per heavy atom. The maximum atomic E-state index is 13.3. The van der Waals surface area contributed by atoms with Gasteiger partial charge in [-0.15, -0.1) is 0 Å². The van der Waals surface area contributed by atoms with Gasteiger partial charge in [0.15, 0.2) is 0 Å². The Balaban J connectivity index is 2.28. The Morgan fingerprint density at radius 2 is 1.83 bits per heavy atom. The second-order valence-electron chi connectivity index (χ2n) is 5.36. The van der Waals surface area contributed by atoms with Crippen molar-refractivity contribution in [2.75, 3.05) is 5.73 Å². The van der Waals surface area contributed by atoms with E-state index >= 15 is 0 Å². The molecule has 2 aromatic carbocycles. The van der Waals surface area contributed by atoms with Crippen LogP contribution >= 0.6 is 0 Å². The second kappa shape index (κ2) is 5.15. The van der Waals surface area contributed by atoms with E-state index in [0.29, 0.717) is 10.3 Å². The zero-order chi connectivity index (χ0) is 16.8. The van der Waals surface area contributed by atoms with Crippen LogP contribution in [0.5, 0.6) is 0 Å². The summed E-state index contributed by atoms with van der Waals surface area (Å²) in [7, 11) is 0. The molecule has 0 bridgehead atoms. The molecule has 1 heterocycles. The number of nitrogen functional groups attached to an aromatic ring is 1. The molecule has 0 radical (unpaired) electrons. The van der Waals surface area contributed by atoms with E-state index in [4.69, 9.17) is 5.73 Å². The summed E-state index contributed by atoms with van der Waals surface area (Å²) in [6.45, 7) is 1.77. The molecule has 23 heavy (non-hydrogen) atoms. The molecule has 0 fully saturated rings. The first-order valence-electron chi connectivity index (χ1n) is 6.87. The maximum absolute atomic E-state index is 13.3. The number of aryl methyl sites for hydroxylation is 1. The van der Waals surface area contributed by atoms with Crippen LogP contribution in [0.25, 0.3) is 10.9 Å². The van der Waals surface area contributed by atoms with E-state index in [2.05, 4.69) is 0 Å². The SMILES string of the molecule is Cc1cccc(C(=O)n2c(C(F)(F)F)cc3cc(N)ccc32)c1.